The number of rotatable bonds is 3. The molecule has 0 bridgehead atoms. The van der Waals surface area contributed by atoms with Crippen LogP contribution in [0.4, 0.5) is 5.69 Å². The molecule has 1 rings (SSSR count). The SMILES string of the molecule is COC(=O)/C=C/Nc1cccc(C#N)c1. The van der Waals surface area contributed by atoms with Crippen LogP contribution in [-0.4, -0.2) is 13.1 Å². The van der Waals surface area contributed by atoms with Gasteiger partial charge in [-0.2, -0.15) is 5.26 Å². The smallest absolute Gasteiger partial charge is 0.331 e. The van der Waals surface area contributed by atoms with E-state index in [-0.39, 0.29) is 0 Å². The Morgan fingerprint density at radius 1 is 1.60 bits per heavy atom. The van der Waals surface area contributed by atoms with E-state index in [1.807, 2.05) is 6.07 Å². The molecule has 0 aliphatic carbocycles. The standard InChI is InChI=1S/C11H10N2O2/c1-15-11(14)5-6-13-10-4-2-3-9(7-10)8-12/h2-7,13H,1H3/b6-5+. The predicted molar refractivity (Wildman–Crippen MR) is 55.9 cm³/mol. The van der Waals surface area contributed by atoms with Gasteiger partial charge < -0.3 is 10.1 Å². The number of ether oxygens (including phenoxy) is 1. The lowest BCUT2D eigenvalue weighted by atomic mass is 10.2. The monoisotopic (exact) mass is 202 g/mol. The van der Waals surface area contributed by atoms with Crippen molar-refractivity contribution in [3.05, 3.63) is 42.1 Å². The first kappa shape index (κ1) is 10.8. The van der Waals surface area contributed by atoms with Crippen LogP contribution >= 0.6 is 0 Å². The molecule has 0 atom stereocenters. The minimum absolute atomic E-state index is 0.432. The zero-order chi connectivity index (χ0) is 11.1. The second-order valence-corrected chi connectivity index (χ2v) is 2.69. The van der Waals surface area contributed by atoms with Crippen LogP contribution < -0.4 is 5.32 Å². The lowest BCUT2D eigenvalue weighted by Crippen LogP contribution is -1.96. The van der Waals surface area contributed by atoms with Gasteiger partial charge >= 0.3 is 5.97 Å². The molecule has 0 aliphatic rings. The van der Waals surface area contributed by atoms with Gasteiger partial charge in [-0.05, 0) is 18.2 Å². The second kappa shape index (κ2) is 5.45. The third-order valence-corrected chi connectivity index (χ3v) is 1.66. The van der Waals surface area contributed by atoms with E-state index >= 15 is 0 Å². The Kier molecular flexibility index (Phi) is 3.92. The van der Waals surface area contributed by atoms with Crippen molar-refractivity contribution < 1.29 is 9.53 Å². The maximum atomic E-state index is 10.7. The molecule has 0 amide bonds. The number of esters is 1. The summed E-state index contributed by atoms with van der Waals surface area (Å²) in [5.41, 5.74) is 1.31. The molecule has 4 heteroatoms. The minimum Gasteiger partial charge on any atom is -0.466 e. The summed E-state index contributed by atoms with van der Waals surface area (Å²) >= 11 is 0. The largest absolute Gasteiger partial charge is 0.466 e. The summed E-state index contributed by atoms with van der Waals surface area (Å²) in [5, 5.41) is 11.5. The van der Waals surface area contributed by atoms with E-state index in [0.717, 1.165) is 5.69 Å². The van der Waals surface area contributed by atoms with Gasteiger partial charge in [-0.1, -0.05) is 6.07 Å². The first-order valence-electron chi connectivity index (χ1n) is 4.27. The summed E-state index contributed by atoms with van der Waals surface area (Å²) in [7, 11) is 1.31. The molecule has 0 saturated carbocycles. The molecule has 1 aromatic rings. The Labute approximate surface area is 87.8 Å². The Morgan fingerprint density at radius 3 is 3.07 bits per heavy atom. The molecule has 76 valence electrons. The molecule has 0 aliphatic heterocycles. The van der Waals surface area contributed by atoms with Crippen LogP contribution in [0.3, 0.4) is 0 Å². The normalized spacial score (nSPS) is 9.60. The minimum atomic E-state index is -0.432. The van der Waals surface area contributed by atoms with Crippen LogP contribution in [0.1, 0.15) is 5.56 Å². The Bertz CT molecular complexity index is 419. The van der Waals surface area contributed by atoms with Gasteiger partial charge in [-0.15, -0.1) is 0 Å². The van der Waals surface area contributed by atoms with Crippen molar-refractivity contribution in [3.8, 4) is 6.07 Å². The Morgan fingerprint density at radius 2 is 2.40 bits per heavy atom. The lowest BCUT2D eigenvalue weighted by molar-refractivity contribution is -0.134. The Hall–Kier alpha value is -2.28. The van der Waals surface area contributed by atoms with Crippen LogP contribution in [0.15, 0.2) is 36.5 Å². The highest BCUT2D eigenvalue weighted by atomic mass is 16.5. The quantitative estimate of drug-likeness (QED) is 0.598. The van der Waals surface area contributed by atoms with E-state index < -0.39 is 5.97 Å². The molecule has 0 spiro atoms. The van der Waals surface area contributed by atoms with Crippen molar-refractivity contribution in [3.63, 3.8) is 0 Å². The number of nitriles is 1. The molecular formula is C11H10N2O2. The fourth-order valence-electron chi connectivity index (χ4n) is 0.953. The zero-order valence-corrected chi connectivity index (χ0v) is 8.23. The van der Waals surface area contributed by atoms with Crippen molar-refractivity contribution >= 4 is 11.7 Å². The summed E-state index contributed by atoms with van der Waals surface area (Å²) in [5.74, 6) is -0.432. The molecule has 0 unspecified atom stereocenters. The highest BCUT2D eigenvalue weighted by Crippen LogP contribution is 2.09. The number of hydrogen-bond acceptors (Lipinski definition) is 4. The van der Waals surface area contributed by atoms with Crippen LogP contribution in [0, 0.1) is 11.3 Å². The van der Waals surface area contributed by atoms with E-state index in [4.69, 9.17) is 5.26 Å². The average Bonchev–Trinajstić information content (AvgIpc) is 2.29. The zero-order valence-electron chi connectivity index (χ0n) is 8.23. The van der Waals surface area contributed by atoms with Crippen molar-refractivity contribution in [2.45, 2.75) is 0 Å². The Balaban J connectivity index is 2.62. The maximum absolute atomic E-state index is 10.7. The van der Waals surface area contributed by atoms with Crippen LogP contribution in [0.25, 0.3) is 0 Å². The topological polar surface area (TPSA) is 62.1 Å². The fourth-order valence-corrected chi connectivity index (χ4v) is 0.953. The van der Waals surface area contributed by atoms with Crippen LogP contribution in [0.2, 0.25) is 0 Å². The van der Waals surface area contributed by atoms with E-state index in [2.05, 4.69) is 10.1 Å². The first-order valence-corrected chi connectivity index (χ1v) is 4.27. The van der Waals surface area contributed by atoms with Gasteiger partial charge in [-0.25, -0.2) is 4.79 Å². The lowest BCUT2D eigenvalue weighted by Gasteiger charge is -1.99. The van der Waals surface area contributed by atoms with Gasteiger partial charge in [-0.3, -0.25) is 0 Å². The molecule has 4 nitrogen and oxygen atoms in total. The molecule has 0 saturated heterocycles. The maximum Gasteiger partial charge on any atom is 0.331 e. The number of benzene rings is 1. The summed E-state index contributed by atoms with van der Waals surface area (Å²) in [6.45, 7) is 0. The van der Waals surface area contributed by atoms with Crippen LogP contribution in [-0.2, 0) is 9.53 Å². The molecule has 1 aromatic carbocycles. The van der Waals surface area contributed by atoms with Crippen molar-refractivity contribution in [2.75, 3.05) is 12.4 Å². The molecule has 0 aromatic heterocycles. The number of hydrogen-bond donors (Lipinski definition) is 1. The number of carbonyl (C=O) groups excluding carboxylic acids is 1. The van der Waals surface area contributed by atoms with E-state index in [1.54, 1.807) is 24.3 Å². The van der Waals surface area contributed by atoms with Crippen molar-refractivity contribution in [2.24, 2.45) is 0 Å². The van der Waals surface area contributed by atoms with E-state index in [9.17, 15) is 4.79 Å². The molecule has 0 heterocycles. The van der Waals surface area contributed by atoms with Gasteiger partial charge in [0.15, 0.2) is 0 Å². The highest BCUT2D eigenvalue weighted by molar-refractivity contribution is 5.82. The van der Waals surface area contributed by atoms with Gasteiger partial charge in [0.2, 0.25) is 0 Å². The third kappa shape index (κ3) is 3.53. The van der Waals surface area contributed by atoms with E-state index in [0.29, 0.717) is 5.56 Å². The predicted octanol–water partition coefficient (Wildman–Crippen LogP) is 1.66. The number of methoxy groups -OCH3 is 1. The molecule has 1 N–H and O–H groups in total. The summed E-state index contributed by atoms with van der Waals surface area (Å²) in [4.78, 5) is 10.7. The van der Waals surface area contributed by atoms with Gasteiger partial charge in [0.1, 0.15) is 0 Å². The number of nitrogens with one attached hydrogen (secondary N) is 1. The summed E-state index contributed by atoms with van der Waals surface area (Å²) in [6, 6.07) is 8.96. The summed E-state index contributed by atoms with van der Waals surface area (Å²) in [6.07, 6.45) is 2.72. The van der Waals surface area contributed by atoms with E-state index in [1.165, 1.54) is 19.4 Å². The van der Waals surface area contributed by atoms with Crippen LogP contribution in [0.5, 0.6) is 0 Å². The van der Waals surface area contributed by atoms with Gasteiger partial charge in [0.25, 0.3) is 0 Å². The second-order valence-electron chi connectivity index (χ2n) is 2.69. The highest BCUT2D eigenvalue weighted by Gasteiger charge is 1.93. The number of carbonyl (C=O) groups is 1. The van der Waals surface area contributed by atoms with Gasteiger partial charge in [0, 0.05) is 18.0 Å². The van der Waals surface area contributed by atoms with Gasteiger partial charge in [0.05, 0.1) is 18.7 Å². The summed E-state index contributed by atoms with van der Waals surface area (Å²) < 4.78 is 4.41. The molecule has 15 heavy (non-hydrogen) atoms. The first-order chi connectivity index (χ1) is 7.26. The average molecular weight is 202 g/mol. The molecule has 0 fully saturated rings. The van der Waals surface area contributed by atoms with Crippen molar-refractivity contribution in [1.82, 2.24) is 0 Å². The number of anilines is 1. The molecule has 0 radical (unpaired) electrons. The number of nitrogens with zero attached hydrogens (tertiary/aromatic N) is 1. The fraction of sp³-hybridized carbons (Fsp3) is 0.0909. The third-order valence-electron chi connectivity index (χ3n) is 1.66. The van der Waals surface area contributed by atoms with Crippen molar-refractivity contribution in [1.29, 1.82) is 5.26 Å². The molecular weight excluding hydrogens is 192 g/mol.